The summed E-state index contributed by atoms with van der Waals surface area (Å²) in [5.41, 5.74) is 9.80. The van der Waals surface area contributed by atoms with Gasteiger partial charge in [0.25, 0.3) is 0 Å². The van der Waals surface area contributed by atoms with Crippen molar-refractivity contribution in [2.75, 3.05) is 6.61 Å². The van der Waals surface area contributed by atoms with Crippen LogP contribution in [0.1, 0.15) is 34.0 Å². The van der Waals surface area contributed by atoms with Gasteiger partial charge in [0.05, 0.1) is 17.7 Å². The Bertz CT molecular complexity index is 608. The Kier molecular flexibility index (Phi) is 3.52. The van der Waals surface area contributed by atoms with Crippen LogP contribution in [0.3, 0.4) is 0 Å². The highest BCUT2D eigenvalue weighted by Crippen LogP contribution is 2.36. The lowest BCUT2D eigenvalue weighted by molar-refractivity contribution is 0.288. The summed E-state index contributed by atoms with van der Waals surface area (Å²) in [6.45, 7) is 2.82. The molecule has 1 aromatic carbocycles. The molecule has 2 N–H and O–H groups in total. The molecular weight excluding hydrogens is 278 g/mol. The zero-order chi connectivity index (χ0) is 13.4. The van der Waals surface area contributed by atoms with Crippen molar-refractivity contribution in [2.24, 2.45) is 5.73 Å². The fourth-order valence-corrected chi connectivity index (χ4v) is 3.72. The zero-order valence-electron chi connectivity index (χ0n) is 10.8. The van der Waals surface area contributed by atoms with Crippen LogP contribution in [0.2, 0.25) is 5.02 Å². The molecule has 1 atom stereocenters. The number of fused-ring (bicyclic) bond motifs is 1. The van der Waals surface area contributed by atoms with Crippen molar-refractivity contribution >= 4 is 22.9 Å². The molecule has 0 fully saturated rings. The predicted octanol–water partition coefficient (Wildman–Crippen LogP) is 4.08. The van der Waals surface area contributed by atoms with E-state index < -0.39 is 0 Å². The molecule has 0 aliphatic carbocycles. The van der Waals surface area contributed by atoms with Gasteiger partial charge in [0.15, 0.2) is 0 Å². The third-order valence-electron chi connectivity index (χ3n) is 3.50. The van der Waals surface area contributed by atoms with Crippen molar-refractivity contribution in [1.82, 2.24) is 0 Å². The average molecular weight is 294 g/mol. The van der Waals surface area contributed by atoms with E-state index in [0.717, 1.165) is 46.2 Å². The van der Waals surface area contributed by atoms with Crippen LogP contribution in [0.25, 0.3) is 0 Å². The third-order valence-corrected chi connectivity index (χ3v) is 5.30. The van der Waals surface area contributed by atoms with Crippen molar-refractivity contribution in [1.29, 1.82) is 0 Å². The Morgan fingerprint density at radius 1 is 1.42 bits per heavy atom. The highest BCUT2D eigenvalue weighted by molar-refractivity contribution is 7.10. The molecular formula is C15H16ClNOS. The van der Waals surface area contributed by atoms with Gasteiger partial charge in [0.1, 0.15) is 5.75 Å². The molecule has 2 aromatic rings. The molecule has 1 unspecified atom stereocenters. The van der Waals surface area contributed by atoms with E-state index in [1.165, 1.54) is 5.56 Å². The molecule has 100 valence electrons. The lowest BCUT2D eigenvalue weighted by Gasteiger charge is -2.19. The van der Waals surface area contributed by atoms with Crippen molar-refractivity contribution < 1.29 is 4.74 Å². The fourth-order valence-electron chi connectivity index (χ4n) is 2.38. The number of benzene rings is 1. The summed E-state index contributed by atoms with van der Waals surface area (Å²) in [7, 11) is 0. The maximum atomic E-state index is 6.35. The minimum Gasteiger partial charge on any atom is -0.493 e. The van der Waals surface area contributed by atoms with Gasteiger partial charge in [-0.15, -0.1) is 11.3 Å². The monoisotopic (exact) mass is 293 g/mol. The van der Waals surface area contributed by atoms with Crippen molar-refractivity contribution in [2.45, 2.75) is 25.8 Å². The SMILES string of the molecule is Cc1csc(C(N)c2ccc3c(c2)CCCO3)c1Cl. The summed E-state index contributed by atoms with van der Waals surface area (Å²) >= 11 is 7.93. The van der Waals surface area contributed by atoms with Gasteiger partial charge in [-0.25, -0.2) is 0 Å². The van der Waals surface area contributed by atoms with Crippen molar-refractivity contribution in [3.63, 3.8) is 0 Å². The lowest BCUT2D eigenvalue weighted by Crippen LogP contribution is -2.13. The Balaban J connectivity index is 1.95. The molecule has 0 saturated carbocycles. The molecule has 1 aliphatic rings. The molecule has 0 amide bonds. The van der Waals surface area contributed by atoms with Crippen LogP contribution in [0.4, 0.5) is 0 Å². The second-order valence-electron chi connectivity index (χ2n) is 4.89. The van der Waals surface area contributed by atoms with Crippen LogP contribution in [-0.2, 0) is 6.42 Å². The summed E-state index contributed by atoms with van der Waals surface area (Å²) in [6, 6.07) is 6.07. The van der Waals surface area contributed by atoms with Crippen LogP contribution in [0.5, 0.6) is 5.75 Å². The van der Waals surface area contributed by atoms with Crippen LogP contribution >= 0.6 is 22.9 Å². The molecule has 4 heteroatoms. The predicted molar refractivity (Wildman–Crippen MR) is 80.4 cm³/mol. The summed E-state index contributed by atoms with van der Waals surface area (Å²) < 4.78 is 5.63. The molecule has 1 aromatic heterocycles. The Hall–Kier alpha value is -1.03. The van der Waals surface area contributed by atoms with Gasteiger partial charge < -0.3 is 10.5 Å². The van der Waals surface area contributed by atoms with E-state index in [1.807, 2.05) is 19.1 Å². The summed E-state index contributed by atoms with van der Waals surface area (Å²) in [5.74, 6) is 0.996. The van der Waals surface area contributed by atoms with E-state index in [4.69, 9.17) is 22.1 Å². The van der Waals surface area contributed by atoms with Crippen LogP contribution in [0, 0.1) is 6.92 Å². The molecule has 0 bridgehead atoms. The minimum atomic E-state index is -0.154. The highest BCUT2D eigenvalue weighted by atomic mass is 35.5. The smallest absolute Gasteiger partial charge is 0.122 e. The molecule has 2 nitrogen and oxygen atoms in total. The second kappa shape index (κ2) is 5.16. The van der Waals surface area contributed by atoms with Crippen LogP contribution in [-0.4, -0.2) is 6.61 Å². The normalized spacial score (nSPS) is 15.7. The van der Waals surface area contributed by atoms with E-state index in [2.05, 4.69) is 11.4 Å². The Morgan fingerprint density at radius 2 is 2.26 bits per heavy atom. The highest BCUT2D eigenvalue weighted by Gasteiger charge is 2.18. The minimum absolute atomic E-state index is 0.154. The van der Waals surface area contributed by atoms with Gasteiger partial charge in [-0.3, -0.25) is 0 Å². The molecule has 3 rings (SSSR count). The fraction of sp³-hybridized carbons (Fsp3) is 0.333. The van der Waals surface area contributed by atoms with E-state index in [-0.39, 0.29) is 6.04 Å². The van der Waals surface area contributed by atoms with E-state index >= 15 is 0 Å². The number of thiophene rings is 1. The van der Waals surface area contributed by atoms with Gasteiger partial charge in [0.2, 0.25) is 0 Å². The van der Waals surface area contributed by atoms with Crippen LogP contribution in [0.15, 0.2) is 23.6 Å². The number of aryl methyl sites for hydroxylation is 2. The standard InChI is InChI=1S/C15H16ClNOS/c1-9-8-19-15(13(9)16)14(17)11-4-5-12-10(7-11)3-2-6-18-12/h4-5,7-8,14H,2-3,6,17H2,1H3. The summed E-state index contributed by atoms with van der Waals surface area (Å²) in [5, 5.41) is 2.85. The van der Waals surface area contributed by atoms with Crippen molar-refractivity contribution in [3.05, 3.63) is 50.2 Å². The Morgan fingerprint density at radius 3 is 3.00 bits per heavy atom. The number of hydrogen-bond acceptors (Lipinski definition) is 3. The van der Waals surface area contributed by atoms with E-state index in [1.54, 1.807) is 11.3 Å². The molecule has 1 aliphatic heterocycles. The quantitative estimate of drug-likeness (QED) is 0.905. The third kappa shape index (κ3) is 2.38. The largest absolute Gasteiger partial charge is 0.493 e. The van der Waals surface area contributed by atoms with Gasteiger partial charge >= 0.3 is 0 Å². The Labute approximate surface area is 122 Å². The maximum Gasteiger partial charge on any atom is 0.122 e. The molecule has 0 radical (unpaired) electrons. The number of halogens is 1. The first-order chi connectivity index (χ1) is 9.16. The van der Waals surface area contributed by atoms with Gasteiger partial charge in [0, 0.05) is 4.88 Å². The molecule has 0 saturated heterocycles. The van der Waals surface area contributed by atoms with Crippen LogP contribution < -0.4 is 10.5 Å². The van der Waals surface area contributed by atoms with Gasteiger partial charge in [-0.05, 0) is 47.9 Å². The first-order valence-corrected chi connectivity index (χ1v) is 7.67. The van der Waals surface area contributed by atoms with Gasteiger partial charge in [-0.1, -0.05) is 23.7 Å². The molecule has 2 heterocycles. The number of nitrogens with two attached hydrogens (primary N) is 1. The second-order valence-corrected chi connectivity index (χ2v) is 6.18. The lowest BCUT2D eigenvalue weighted by atomic mass is 9.99. The number of ether oxygens (including phenoxy) is 1. The maximum absolute atomic E-state index is 6.35. The topological polar surface area (TPSA) is 35.2 Å². The number of hydrogen-bond donors (Lipinski definition) is 1. The number of rotatable bonds is 2. The van der Waals surface area contributed by atoms with E-state index in [0.29, 0.717) is 0 Å². The molecule has 0 spiro atoms. The zero-order valence-corrected chi connectivity index (χ0v) is 12.4. The van der Waals surface area contributed by atoms with E-state index in [9.17, 15) is 0 Å². The summed E-state index contributed by atoms with van der Waals surface area (Å²) in [6.07, 6.45) is 2.14. The first kappa shape index (κ1) is 13.0. The average Bonchev–Trinajstić information content (AvgIpc) is 2.78. The van der Waals surface area contributed by atoms with Crippen molar-refractivity contribution in [3.8, 4) is 5.75 Å². The molecule has 19 heavy (non-hydrogen) atoms. The van der Waals surface area contributed by atoms with Gasteiger partial charge in [-0.2, -0.15) is 0 Å². The summed E-state index contributed by atoms with van der Waals surface area (Å²) in [4.78, 5) is 1.04. The first-order valence-electron chi connectivity index (χ1n) is 6.41.